The highest BCUT2D eigenvalue weighted by molar-refractivity contribution is 6.31. The van der Waals surface area contributed by atoms with E-state index in [1.807, 2.05) is 42.9 Å². The molecule has 0 saturated heterocycles. The number of aromatic nitrogens is 4. The molecule has 1 amide bonds. The minimum Gasteiger partial charge on any atom is -0.322 e. The van der Waals surface area contributed by atoms with E-state index in [-0.39, 0.29) is 5.91 Å². The second-order valence-electron chi connectivity index (χ2n) is 7.16. The Bertz CT molecular complexity index is 1190. The van der Waals surface area contributed by atoms with Crippen molar-refractivity contribution < 1.29 is 4.79 Å². The Balaban J connectivity index is 1.49. The zero-order valence-electron chi connectivity index (χ0n) is 16.6. The lowest BCUT2D eigenvalue weighted by molar-refractivity contribution is -0.119. The Morgan fingerprint density at radius 2 is 1.93 bits per heavy atom. The number of rotatable bonds is 5. The van der Waals surface area contributed by atoms with Gasteiger partial charge in [0.15, 0.2) is 0 Å². The second kappa shape index (κ2) is 7.72. The molecule has 0 aliphatic heterocycles. The van der Waals surface area contributed by atoms with E-state index in [0.717, 1.165) is 5.69 Å². The number of nitrogens with zero attached hydrogens (tertiary/aromatic N) is 4. The van der Waals surface area contributed by atoms with Gasteiger partial charge in [0, 0.05) is 6.20 Å². The van der Waals surface area contributed by atoms with Crippen LogP contribution >= 0.6 is 11.6 Å². The standard InChI is InChI=1S/C22H22ClN5O/c1-14-21(23)15(2)28(26-14)16(3)22(29)25-19-11-24-27(13-19)12-18-9-6-8-17-7-4-5-10-20(17)18/h4-11,13,16H,12H2,1-3H3,(H,25,29). The van der Waals surface area contributed by atoms with Gasteiger partial charge in [-0.3, -0.25) is 14.2 Å². The van der Waals surface area contributed by atoms with Gasteiger partial charge < -0.3 is 5.32 Å². The van der Waals surface area contributed by atoms with E-state index in [0.29, 0.717) is 22.9 Å². The van der Waals surface area contributed by atoms with E-state index in [1.165, 1.54) is 16.3 Å². The lowest BCUT2D eigenvalue weighted by Gasteiger charge is -2.13. The maximum absolute atomic E-state index is 12.7. The maximum atomic E-state index is 12.7. The summed E-state index contributed by atoms with van der Waals surface area (Å²) in [6.45, 7) is 6.10. The van der Waals surface area contributed by atoms with Gasteiger partial charge in [0.2, 0.25) is 5.91 Å². The lowest BCUT2D eigenvalue weighted by atomic mass is 10.0. The molecule has 4 aromatic rings. The summed E-state index contributed by atoms with van der Waals surface area (Å²) in [5, 5.41) is 14.7. The van der Waals surface area contributed by atoms with Gasteiger partial charge in [-0.05, 0) is 37.1 Å². The number of hydrogen-bond donors (Lipinski definition) is 1. The molecule has 148 valence electrons. The van der Waals surface area contributed by atoms with Gasteiger partial charge in [0.05, 0.1) is 34.8 Å². The fourth-order valence-electron chi connectivity index (χ4n) is 3.50. The van der Waals surface area contributed by atoms with Gasteiger partial charge in [0.1, 0.15) is 6.04 Å². The second-order valence-corrected chi connectivity index (χ2v) is 7.54. The fourth-order valence-corrected chi connectivity index (χ4v) is 3.62. The van der Waals surface area contributed by atoms with Crippen LogP contribution < -0.4 is 5.32 Å². The number of hydrogen-bond acceptors (Lipinski definition) is 3. The third-order valence-corrected chi connectivity index (χ3v) is 5.64. The van der Waals surface area contributed by atoms with Gasteiger partial charge in [-0.25, -0.2) is 0 Å². The predicted octanol–water partition coefficient (Wildman–Crippen LogP) is 4.75. The largest absolute Gasteiger partial charge is 0.322 e. The summed E-state index contributed by atoms with van der Waals surface area (Å²) in [7, 11) is 0. The molecule has 0 aliphatic rings. The number of nitrogens with one attached hydrogen (secondary N) is 1. The SMILES string of the molecule is Cc1nn(C(C)C(=O)Nc2cnn(Cc3cccc4ccccc34)c2)c(C)c1Cl. The van der Waals surface area contributed by atoms with Gasteiger partial charge in [-0.2, -0.15) is 10.2 Å². The number of benzene rings is 2. The highest BCUT2D eigenvalue weighted by Gasteiger charge is 2.21. The first-order chi connectivity index (χ1) is 13.9. The van der Waals surface area contributed by atoms with Gasteiger partial charge in [-0.1, -0.05) is 54.1 Å². The van der Waals surface area contributed by atoms with Crippen molar-refractivity contribution in [2.75, 3.05) is 5.32 Å². The van der Waals surface area contributed by atoms with E-state index in [1.54, 1.807) is 17.8 Å². The number of aryl methyl sites for hydroxylation is 1. The highest BCUT2D eigenvalue weighted by Crippen LogP contribution is 2.23. The van der Waals surface area contributed by atoms with E-state index in [2.05, 4.69) is 39.8 Å². The molecular weight excluding hydrogens is 386 g/mol. The number of anilines is 1. The number of halogens is 1. The molecule has 0 spiro atoms. The van der Waals surface area contributed by atoms with E-state index < -0.39 is 6.04 Å². The van der Waals surface area contributed by atoms with Crippen LogP contribution in [0.1, 0.15) is 29.9 Å². The summed E-state index contributed by atoms with van der Waals surface area (Å²) in [6.07, 6.45) is 3.49. The molecule has 7 heteroatoms. The molecule has 2 aromatic carbocycles. The van der Waals surface area contributed by atoms with Crippen LogP contribution in [0.5, 0.6) is 0 Å². The number of amides is 1. The topological polar surface area (TPSA) is 64.7 Å². The van der Waals surface area contributed by atoms with Gasteiger partial charge >= 0.3 is 0 Å². The average molecular weight is 408 g/mol. The van der Waals surface area contributed by atoms with Crippen LogP contribution in [0.4, 0.5) is 5.69 Å². The lowest BCUT2D eigenvalue weighted by Crippen LogP contribution is -2.25. The molecule has 0 saturated carbocycles. The zero-order chi connectivity index (χ0) is 20.5. The summed E-state index contributed by atoms with van der Waals surface area (Å²) in [6, 6.07) is 14.0. The third-order valence-electron chi connectivity index (χ3n) is 5.10. The Morgan fingerprint density at radius 3 is 2.69 bits per heavy atom. The Labute approximate surface area is 174 Å². The Kier molecular flexibility index (Phi) is 5.11. The molecule has 4 rings (SSSR count). The number of carbonyl (C=O) groups excluding carboxylic acids is 1. The van der Waals surface area contributed by atoms with Gasteiger partial charge in [-0.15, -0.1) is 0 Å². The maximum Gasteiger partial charge on any atom is 0.249 e. The van der Waals surface area contributed by atoms with E-state index >= 15 is 0 Å². The van der Waals surface area contributed by atoms with Crippen molar-refractivity contribution in [3.05, 3.63) is 76.8 Å². The van der Waals surface area contributed by atoms with Crippen LogP contribution in [-0.4, -0.2) is 25.5 Å². The molecule has 2 heterocycles. The third kappa shape index (κ3) is 3.76. The van der Waals surface area contributed by atoms with Crippen molar-refractivity contribution in [1.82, 2.24) is 19.6 Å². The quantitative estimate of drug-likeness (QED) is 0.519. The van der Waals surface area contributed by atoms with Crippen LogP contribution in [0.3, 0.4) is 0 Å². The van der Waals surface area contributed by atoms with E-state index in [9.17, 15) is 4.79 Å². The van der Waals surface area contributed by atoms with Crippen molar-refractivity contribution in [2.24, 2.45) is 0 Å². The minimum absolute atomic E-state index is 0.169. The van der Waals surface area contributed by atoms with Crippen LogP contribution in [0.15, 0.2) is 54.9 Å². The first-order valence-electron chi connectivity index (χ1n) is 9.45. The number of fused-ring (bicyclic) bond motifs is 1. The van der Waals surface area contributed by atoms with Gasteiger partial charge in [0.25, 0.3) is 0 Å². The molecule has 0 bridgehead atoms. The molecule has 6 nitrogen and oxygen atoms in total. The van der Waals surface area contributed by atoms with Crippen molar-refractivity contribution in [2.45, 2.75) is 33.4 Å². The fraction of sp³-hybridized carbons (Fsp3) is 0.227. The number of carbonyl (C=O) groups is 1. The first-order valence-corrected chi connectivity index (χ1v) is 9.83. The minimum atomic E-state index is -0.484. The first kappa shape index (κ1) is 19.2. The highest BCUT2D eigenvalue weighted by atomic mass is 35.5. The molecule has 2 aromatic heterocycles. The summed E-state index contributed by atoms with van der Waals surface area (Å²) in [4.78, 5) is 12.7. The molecule has 1 unspecified atom stereocenters. The average Bonchev–Trinajstić information content (AvgIpc) is 3.27. The smallest absolute Gasteiger partial charge is 0.249 e. The Hall–Kier alpha value is -3.12. The Morgan fingerprint density at radius 1 is 1.17 bits per heavy atom. The van der Waals surface area contributed by atoms with Crippen molar-refractivity contribution in [3.63, 3.8) is 0 Å². The van der Waals surface area contributed by atoms with Crippen molar-refractivity contribution >= 4 is 34.0 Å². The summed E-state index contributed by atoms with van der Waals surface area (Å²) in [5.74, 6) is -0.169. The zero-order valence-corrected chi connectivity index (χ0v) is 17.3. The molecule has 1 atom stereocenters. The molecule has 0 aliphatic carbocycles. The van der Waals surface area contributed by atoms with Crippen LogP contribution in [-0.2, 0) is 11.3 Å². The predicted molar refractivity (Wildman–Crippen MR) is 115 cm³/mol. The van der Waals surface area contributed by atoms with E-state index in [4.69, 9.17) is 11.6 Å². The molecule has 1 N–H and O–H groups in total. The summed E-state index contributed by atoms with van der Waals surface area (Å²) < 4.78 is 3.47. The summed E-state index contributed by atoms with van der Waals surface area (Å²) >= 11 is 6.20. The summed E-state index contributed by atoms with van der Waals surface area (Å²) in [5.41, 5.74) is 3.31. The molecule has 0 radical (unpaired) electrons. The normalized spacial score (nSPS) is 12.3. The molecule has 29 heavy (non-hydrogen) atoms. The monoisotopic (exact) mass is 407 g/mol. The van der Waals surface area contributed by atoms with Crippen LogP contribution in [0.25, 0.3) is 10.8 Å². The molecule has 0 fully saturated rings. The van der Waals surface area contributed by atoms with Crippen LogP contribution in [0, 0.1) is 13.8 Å². The van der Waals surface area contributed by atoms with Crippen molar-refractivity contribution in [1.29, 1.82) is 0 Å². The molecular formula is C22H22ClN5O. The van der Waals surface area contributed by atoms with Crippen LogP contribution in [0.2, 0.25) is 5.02 Å². The van der Waals surface area contributed by atoms with Crippen molar-refractivity contribution in [3.8, 4) is 0 Å².